The SMILES string of the molecule is CN(CC1NCCC1C(F)(F)F)C1CCCC1. The van der Waals surface area contributed by atoms with E-state index in [4.69, 9.17) is 0 Å². The lowest BCUT2D eigenvalue weighted by molar-refractivity contribution is -0.177. The van der Waals surface area contributed by atoms with Crippen LogP contribution in [0.25, 0.3) is 0 Å². The molecular formula is C12H21F3N2. The highest BCUT2D eigenvalue weighted by Crippen LogP contribution is 2.35. The number of alkyl halides is 3. The van der Waals surface area contributed by atoms with E-state index in [1.54, 1.807) is 0 Å². The Labute approximate surface area is 101 Å². The maximum atomic E-state index is 12.8. The largest absolute Gasteiger partial charge is 0.393 e. The van der Waals surface area contributed by atoms with E-state index in [1.807, 2.05) is 7.05 Å². The fraction of sp³-hybridized carbons (Fsp3) is 1.00. The summed E-state index contributed by atoms with van der Waals surface area (Å²) in [6, 6.07) is 0.0758. The van der Waals surface area contributed by atoms with Gasteiger partial charge in [-0.05, 0) is 32.9 Å². The van der Waals surface area contributed by atoms with Crippen LogP contribution in [0.2, 0.25) is 0 Å². The molecule has 1 saturated carbocycles. The van der Waals surface area contributed by atoms with Gasteiger partial charge in [0.25, 0.3) is 0 Å². The summed E-state index contributed by atoms with van der Waals surface area (Å²) in [5.41, 5.74) is 0. The molecule has 2 unspecified atom stereocenters. The zero-order chi connectivity index (χ0) is 12.5. The Hall–Kier alpha value is -0.290. The van der Waals surface area contributed by atoms with Crippen LogP contribution < -0.4 is 5.32 Å². The Bertz CT molecular complexity index is 249. The van der Waals surface area contributed by atoms with Crippen molar-refractivity contribution in [3.05, 3.63) is 0 Å². The Morgan fingerprint density at radius 3 is 2.41 bits per heavy atom. The number of halogens is 3. The third kappa shape index (κ3) is 3.13. The highest BCUT2D eigenvalue weighted by Gasteiger charge is 2.47. The summed E-state index contributed by atoms with van der Waals surface area (Å²) < 4.78 is 38.3. The minimum Gasteiger partial charge on any atom is -0.312 e. The molecule has 17 heavy (non-hydrogen) atoms. The average Bonchev–Trinajstić information content (AvgIpc) is 2.85. The van der Waals surface area contributed by atoms with Crippen LogP contribution in [0.1, 0.15) is 32.1 Å². The average molecular weight is 250 g/mol. The molecule has 2 atom stereocenters. The van der Waals surface area contributed by atoms with Gasteiger partial charge in [-0.3, -0.25) is 0 Å². The van der Waals surface area contributed by atoms with Crippen LogP contribution in [0.3, 0.4) is 0 Å². The zero-order valence-electron chi connectivity index (χ0n) is 10.3. The first-order valence-electron chi connectivity index (χ1n) is 6.49. The number of rotatable bonds is 3. The van der Waals surface area contributed by atoms with Gasteiger partial charge >= 0.3 is 6.18 Å². The van der Waals surface area contributed by atoms with Crippen LogP contribution in [0, 0.1) is 5.92 Å². The van der Waals surface area contributed by atoms with E-state index in [9.17, 15) is 13.2 Å². The summed E-state index contributed by atoms with van der Waals surface area (Å²) in [5.74, 6) is -1.16. The monoisotopic (exact) mass is 250 g/mol. The maximum absolute atomic E-state index is 12.8. The lowest BCUT2D eigenvalue weighted by atomic mass is 9.99. The van der Waals surface area contributed by atoms with Crippen molar-refractivity contribution in [1.29, 1.82) is 0 Å². The highest BCUT2D eigenvalue weighted by molar-refractivity contribution is 4.91. The Morgan fingerprint density at radius 1 is 1.18 bits per heavy atom. The molecule has 0 aromatic rings. The molecule has 1 heterocycles. The molecule has 2 fully saturated rings. The lowest BCUT2D eigenvalue weighted by Gasteiger charge is -2.30. The molecule has 2 nitrogen and oxygen atoms in total. The fourth-order valence-corrected chi connectivity index (χ4v) is 3.16. The predicted octanol–water partition coefficient (Wildman–Crippen LogP) is 2.40. The second-order valence-corrected chi connectivity index (χ2v) is 5.38. The Morgan fingerprint density at radius 2 is 1.82 bits per heavy atom. The summed E-state index contributed by atoms with van der Waals surface area (Å²) in [7, 11) is 1.96. The molecule has 0 aromatic heterocycles. The normalized spacial score (nSPS) is 31.6. The second-order valence-electron chi connectivity index (χ2n) is 5.38. The van der Waals surface area contributed by atoms with E-state index >= 15 is 0 Å². The summed E-state index contributed by atoms with van der Waals surface area (Å²) in [6.45, 7) is 1.02. The first-order chi connectivity index (χ1) is 7.98. The molecule has 1 N–H and O–H groups in total. The van der Waals surface area contributed by atoms with Crippen molar-refractivity contribution >= 4 is 0 Å². The van der Waals surface area contributed by atoms with Crippen molar-refractivity contribution in [3.8, 4) is 0 Å². The predicted molar refractivity (Wildman–Crippen MR) is 60.8 cm³/mol. The van der Waals surface area contributed by atoms with Gasteiger partial charge in [-0.15, -0.1) is 0 Å². The fourth-order valence-electron chi connectivity index (χ4n) is 3.16. The van der Waals surface area contributed by atoms with E-state index in [0.29, 0.717) is 19.1 Å². The van der Waals surface area contributed by atoms with Gasteiger partial charge in [-0.25, -0.2) is 0 Å². The van der Waals surface area contributed by atoms with Crippen LogP contribution in [0.4, 0.5) is 13.2 Å². The van der Waals surface area contributed by atoms with Gasteiger partial charge in [-0.1, -0.05) is 12.8 Å². The topological polar surface area (TPSA) is 15.3 Å². The molecule has 100 valence electrons. The maximum Gasteiger partial charge on any atom is 0.393 e. The van der Waals surface area contributed by atoms with E-state index < -0.39 is 18.1 Å². The molecule has 0 radical (unpaired) electrons. The van der Waals surface area contributed by atoms with Crippen molar-refractivity contribution in [2.24, 2.45) is 5.92 Å². The number of nitrogens with zero attached hydrogens (tertiary/aromatic N) is 1. The van der Waals surface area contributed by atoms with Gasteiger partial charge < -0.3 is 10.2 Å². The van der Waals surface area contributed by atoms with Gasteiger partial charge in [0.05, 0.1) is 5.92 Å². The van der Waals surface area contributed by atoms with Crippen molar-refractivity contribution < 1.29 is 13.2 Å². The van der Waals surface area contributed by atoms with Crippen LogP contribution >= 0.6 is 0 Å². The third-order valence-corrected chi connectivity index (χ3v) is 4.20. The zero-order valence-corrected chi connectivity index (χ0v) is 10.3. The van der Waals surface area contributed by atoms with E-state index in [1.165, 1.54) is 12.8 Å². The molecule has 0 aromatic carbocycles. The molecular weight excluding hydrogens is 229 g/mol. The van der Waals surface area contributed by atoms with Crippen molar-refractivity contribution in [3.63, 3.8) is 0 Å². The molecule has 0 amide bonds. The smallest absolute Gasteiger partial charge is 0.312 e. The first-order valence-corrected chi connectivity index (χ1v) is 6.49. The summed E-state index contributed by atoms with van der Waals surface area (Å²) in [6.07, 6.45) is 0.892. The Balaban J connectivity index is 1.88. The van der Waals surface area contributed by atoms with Crippen LogP contribution in [-0.4, -0.2) is 43.3 Å². The van der Waals surface area contributed by atoms with Crippen molar-refractivity contribution in [2.75, 3.05) is 20.1 Å². The van der Waals surface area contributed by atoms with Gasteiger partial charge in [0.15, 0.2) is 0 Å². The number of hydrogen-bond acceptors (Lipinski definition) is 2. The van der Waals surface area contributed by atoms with E-state index in [-0.39, 0.29) is 6.42 Å². The van der Waals surface area contributed by atoms with Crippen LogP contribution in [-0.2, 0) is 0 Å². The molecule has 1 saturated heterocycles. The second kappa shape index (κ2) is 5.14. The standard InChI is InChI=1S/C12H21F3N2/c1-17(9-4-2-3-5-9)8-11-10(6-7-16-11)12(13,14)15/h9-11,16H,2-8H2,1H3. The van der Waals surface area contributed by atoms with Crippen LogP contribution in [0.15, 0.2) is 0 Å². The third-order valence-electron chi connectivity index (χ3n) is 4.20. The molecule has 0 spiro atoms. The summed E-state index contributed by atoms with van der Waals surface area (Å²) in [5, 5.41) is 3.01. The Kier molecular flexibility index (Phi) is 3.98. The minimum atomic E-state index is -4.05. The quantitative estimate of drug-likeness (QED) is 0.827. The summed E-state index contributed by atoms with van der Waals surface area (Å²) >= 11 is 0. The van der Waals surface area contributed by atoms with Crippen molar-refractivity contribution in [1.82, 2.24) is 10.2 Å². The van der Waals surface area contributed by atoms with E-state index in [0.717, 1.165) is 12.8 Å². The number of nitrogens with one attached hydrogen (secondary N) is 1. The minimum absolute atomic E-state index is 0.229. The van der Waals surface area contributed by atoms with Gasteiger partial charge in [0, 0.05) is 18.6 Å². The summed E-state index contributed by atoms with van der Waals surface area (Å²) in [4.78, 5) is 2.12. The molecule has 1 aliphatic carbocycles. The van der Waals surface area contributed by atoms with Gasteiger partial charge in [0.2, 0.25) is 0 Å². The lowest BCUT2D eigenvalue weighted by Crippen LogP contribution is -2.45. The molecule has 2 aliphatic rings. The van der Waals surface area contributed by atoms with Gasteiger partial charge in [0.1, 0.15) is 0 Å². The van der Waals surface area contributed by atoms with Crippen molar-refractivity contribution in [2.45, 2.75) is 50.4 Å². The molecule has 1 aliphatic heterocycles. The van der Waals surface area contributed by atoms with E-state index in [2.05, 4.69) is 10.2 Å². The van der Waals surface area contributed by atoms with Crippen LogP contribution in [0.5, 0.6) is 0 Å². The first kappa shape index (κ1) is 13.1. The highest BCUT2D eigenvalue weighted by atomic mass is 19.4. The van der Waals surface area contributed by atoms with Gasteiger partial charge in [-0.2, -0.15) is 13.2 Å². The number of likely N-dealkylation sites (N-methyl/N-ethyl adjacent to an activating group) is 1. The molecule has 5 heteroatoms. The molecule has 0 bridgehead atoms. The number of hydrogen-bond donors (Lipinski definition) is 1. The molecule has 2 rings (SSSR count).